The van der Waals surface area contributed by atoms with Gasteiger partial charge in [0.15, 0.2) is 17.0 Å². The summed E-state index contributed by atoms with van der Waals surface area (Å²) in [5.74, 6) is 2.20. The van der Waals surface area contributed by atoms with Gasteiger partial charge in [-0.1, -0.05) is 94.8 Å². The Kier molecular flexibility index (Phi) is 12.6. The number of aliphatic hydroxyl groups excluding tert-OH is 1. The van der Waals surface area contributed by atoms with E-state index in [4.69, 9.17) is 29.0 Å². The Bertz CT molecular complexity index is 1920. The van der Waals surface area contributed by atoms with Crippen molar-refractivity contribution in [3.05, 3.63) is 160 Å². The molecule has 1 heterocycles. The molecule has 8 nitrogen and oxygen atoms in total. The van der Waals surface area contributed by atoms with Gasteiger partial charge >= 0.3 is 0 Å². The van der Waals surface area contributed by atoms with Crippen LogP contribution in [0.4, 0.5) is 0 Å². The van der Waals surface area contributed by atoms with Gasteiger partial charge in [-0.05, 0) is 84.1 Å². The molecular formula is C43H43BrN2O6. The number of nitrogens with zero attached hydrogens (tertiary/aromatic N) is 1. The average molecular weight is 764 g/mol. The number of carbonyl (C=O) groups excluding carboxylic acids is 1. The predicted molar refractivity (Wildman–Crippen MR) is 206 cm³/mol. The van der Waals surface area contributed by atoms with Crippen molar-refractivity contribution in [1.82, 2.24) is 5.32 Å². The van der Waals surface area contributed by atoms with E-state index in [0.29, 0.717) is 68.8 Å². The summed E-state index contributed by atoms with van der Waals surface area (Å²) < 4.78 is 25.4. The van der Waals surface area contributed by atoms with Gasteiger partial charge in [-0.25, -0.2) is 4.99 Å². The Labute approximate surface area is 313 Å². The molecule has 0 radical (unpaired) electrons. The van der Waals surface area contributed by atoms with E-state index < -0.39 is 11.6 Å². The summed E-state index contributed by atoms with van der Waals surface area (Å²) in [6.07, 6.45) is 0.972. The van der Waals surface area contributed by atoms with Crippen LogP contribution in [0.5, 0.6) is 17.2 Å². The van der Waals surface area contributed by atoms with Gasteiger partial charge in [-0.3, -0.25) is 4.79 Å². The number of benzene rings is 5. The van der Waals surface area contributed by atoms with Crippen molar-refractivity contribution >= 4 is 27.7 Å². The smallest absolute Gasteiger partial charge is 0.252 e. The quantitative estimate of drug-likeness (QED) is 0.0937. The van der Waals surface area contributed by atoms with Crippen LogP contribution in [-0.2, 0) is 35.6 Å². The van der Waals surface area contributed by atoms with Gasteiger partial charge in [0.25, 0.3) is 5.91 Å². The van der Waals surface area contributed by atoms with Crippen molar-refractivity contribution in [2.75, 3.05) is 19.8 Å². The lowest BCUT2D eigenvalue weighted by Gasteiger charge is -2.28. The molecule has 0 spiro atoms. The molecule has 1 aliphatic rings. The van der Waals surface area contributed by atoms with Gasteiger partial charge in [0.05, 0.1) is 6.61 Å². The zero-order valence-corrected chi connectivity index (χ0v) is 30.8. The first kappa shape index (κ1) is 36.7. The first-order valence-corrected chi connectivity index (χ1v) is 18.3. The highest BCUT2D eigenvalue weighted by Gasteiger charge is 2.50. The maximum atomic E-state index is 14.2. The topological polar surface area (TPSA) is 98.6 Å². The maximum absolute atomic E-state index is 14.2. The molecule has 1 aliphatic heterocycles. The molecule has 2 N–H and O–H groups in total. The average Bonchev–Trinajstić information content (AvgIpc) is 3.51. The molecule has 52 heavy (non-hydrogen) atoms. The Morgan fingerprint density at radius 3 is 2.08 bits per heavy atom. The molecule has 9 heteroatoms. The summed E-state index contributed by atoms with van der Waals surface area (Å²) in [6.45, 7) is 3.61. The van der Waals surface area contributed by atoms with Crippen LogP contribution < -0.4 is 19.5 Å². The first-order valence-electron chi connectivity index (χ1n) is 17.5. The third kappa shape index (κ3) is 9.60. The van der Waals surface area contributed by atoms with E-state index in [2.05, 4.69) is 21.2 Å². The Balaban J connectivity index is 1.17. The van der Waals surface area contributed by atoms with Crippen molar-refractivity contribution in [1.29, 1.82) is 0 Å². The van der Waals surface area contributed by atoms with E-state index in [1.54, 1.807) is 0 Å². The number of hydrogen-bond acceptors (Lipinski definition) is 7. The van der Waals surface area contributed by atoms with Gasteiger partial charge in [0.2, 0.25) is 5.90 Å². The monoisotopic (exact) mass is 762 g/mol. The Morgan fingerprint density at radius 2 is 1.42 bits per heavy atom. The van der Waals surface area contributed by atoms with Crippen LogP contribution in [0.3, 0.4) is 0 Å². The number of halogens is 1. The molecule has 2 atom stereocenters. The summed E-state index contributed by atoms with van der Waals surface area (Å²) in [5, 5.41) is 12.2. The van der Waals surface area contributed by atoms with Crippen LogP contribution in [0.15, 0.2) is 137 Å². The molecule has 0 saturated heterocycles. The zero-order valence-electron chi connectivity index (χ0n) is 29.2. The highest BCUT2D eigenvalue weighted by Crippen LogP contribution is 2.34. The lowest BCUT2D eigenvalue weighted by atomic mass is 9.86. The minimum Gasteiger partial charge on any atom is -0.494 e. The van der Waals surface area contributed by atoms with Crippen molar-refractivity contribution in [2.24, 2.45) is 4.99 Å². The normalized spacial score (nSPS) is 16.4. The van der Waals surface area contributed by atoms with Crippen molar-refractivity contribution < 1.29 is 28.8 Å². The molecule has 6 rings (SSSR count). The van der Waals surface area contributed by atoms with E-state index in [-0.39, 0.29) is 12.5 Å². The molecule has 268 valence electrons. The van der Waals surface area contributed by atoms with E-state index in [1.807, 2.05) is 134 Å². The van der Waals surface area contributed by atoms with Gasteiger partial charge in [-0.15, -0.1) is 0 Å². The lowest BCUT2D eigenvalue weighted by molar-refractivity contribution is -0.128. The number of nitrogens with one attached hydrogen (secondary N) is 1. The fourth-order valence-electron chi connectivity index (χ4n) is 5.94. The van der Waals surface area contributed by atoms with Crippen LogP contribution in [0, 0.1) is 0 Å². The van der Waals surface area contributed by atoms with E-state index in [0.717, 1.165) is 32.3 Å². The highest BCUT2D eigenvalue weighted by atomic mass is 79.9. The molecule has 5 aromatic rings. The van der Waals surface area contributed by atoms with Gasteiger partial charge < -0.3 is 29.4 Å². The largest absolute Gasteiger partial charge is 0.494 e. The van der Waals surface area contributed by atoms with Crippen LogP contribution in [0.1, 0.15) is 41.2 Å². The fraction of sp³-hybridized carbons (Fsp3) is 0.256. The number of aliphatic imine (C=N–C) groups is 1. The number of amides is 1. The van der Waals surface area contributed by atoms with Crippen LogP contribution in [0.25, 0.3) is 0 Å². The number of aliphatic hydroxyl groups is 1. The summed E-state index contributed by atoms with van der Waals surface area (Å²) in [4.78, 5) is 19.2. The van der Waals surface area contributed by atoms with E-state index in [9.17, 15) is 4.79 Å². The molecule has 5 aromatic carbocycles. The van der Waals surface area contributed by atoms with Gasteiger partial charge in [0.1, 0.15) is 25.1 Å². The minimum atomic E-state index is -1.18. The van der Waals surface area contributed by atoms with Crippen molar-refractivity contribution in [2.45, 2.75) is 51.0 Å². The summed E-state index contributed by atoms with van der Waals surface area (Å²) in [7, 11) is 0. The number of rotatable bonds is 17. The first-order chi connectivity index (χ1) is 25.4. The second kappa shape index (κ2) is 17.9. The molecule has 0 saturated carbocycles. The second-order valence-corrected chi connectivity index (χ2v) is 13.6. The predicted octanol–water partition coefficient (Wildman–Crippen LogP) is 7.87. The van der Waals surface area contributed by atoms with Crippen molar-refractivity contribution in [3.63, 3.8) is 0 Å². The Morgan fingerprint density at radius 1 is 0.788 bits per heavy atom. The molecule has 0 aliphatic carbocycles. The molecule has 0 fully saturated rings. The number of hydrogen-bond donors (Lipinski definition) is 2. The zero-order chi connectivity index (χ0) is 36.2. The molecular weight excluding hydrogens is 720 g/mol. The molecule has 0 bridgehead atoms. The van der Waals surface area contributed by atoms with Crippen LogP contribution in [0.2, 0.25) is 0 Å². The van der Waals surface area contributed by atoms with Crippen LogP contribution in [-0.4, -0.2) is 48.3 Å². The Hall–Kier alpha value is -5.12. The lowest BCUT2D eigenvalue weighted by Crippen LogP contribution is -2.52. The van der Waals surface area contributed by atoms with Crippen molar-refractivity contribution in [3.8, 4) is 17.2 Å². The standard InChI is InChI=1S/C43H43BrN2O6/c1-31-43(28-33-13-18-37(44)19-14-33,46-41(52-31)36-16-20-38(21-17-36)49-26-8-25-47)42(48)45-24-23-32-15-22-39(50-29-34-9-4-2-5-10-34)40(27-32)51-30-35-11-6-3-7-12-35/h2-7,9-22,27,31,47H,8,23-26,28-30H2,1H3,(H,45,48)/t31-,43-/m1/s1. The molecule has 0 aromatic heterocycles. The third-order valence-corrected chi connectivity index (χ3v) is 9.42. The van der Waals surface area contributed by atoms with E-state index >= 15 is 0 Å². The maximum Gasteiger partial charge on any atom is 0.252 e. The highest BCUT2D eigenvalue weighted by molar-refractivity contribution is 9.10. The van der Waals surface area contributed by atoms with Gasteiger partial charge in [0, 0.05) is 36.0 Å². The summed E-state index contributed by atoms with van der Waals surface area (Å²) >= 11 is 3.51. The summed E-state index contributed by atoms with van der Waals surface area (Å²) in [5.41, 5.74) is 3.66. The molecule has 1 amide bonds. The third-order valence-electron chi connectivity index (χ3n) is 8.90. The van der Waals surface area contributed by atoms with E-state index in [1.165, 1.54) is 0 Å². The number of ether oxygens (including phenoxy) is 4. The molecule has 0 unspecified atom stereocenters. The van der Waals surface area contributed by atoms with Crippen LogP contribution >= 0.6 is 15.9 Å². The minimum absolute atomic E-state index is 0.0732. The number of carbonyl (C=O) groups is 1. The SMILES string of the molecule is C[C@H]1OC(c2ccc(OCCCO)cc2)=N[C@@]1(Cc1ccc(Br)cc1)C(=O)NCCc1ccc(OCc2ccccc2)c(OCc2ccccc2)c1. The fourth-order valence-corrected chi connectivity index (χ4v) is 6.21. The summed E-state index contributed by atoms with van der Waals surface area (Å²) in [6, 6.07) is 41.3. The second-order valence-electron chi connectivity index (χ2n) is 12.7. The van der Waals surface area contributed by atoms with Gasteiger partial charge in [-0.2, -0.15) is 0 Å².